The lowest BCUT2D eigenvalue weighted by Crippen LogP contribution is -2.38. The fourth-order valence-electron chi connectivity index (χ4n) is 3.01. The smallest absolute Gasteiger partial charge is 0.0897 e. The Kier molecular flexibility index (Phi) is 2.97. The lowest BCUT2D eigenvalue weighted by Gasteiger charge is -2.31. The van der Waals surface area contributed by atoms with Crippen LogP contribution in [0.1, 0.15) is 30.0 Å². The van der Waals surface area contributed by atoms with Gasteiger partial charge in [0.05, 0.1) is 23.4 Å². The van der Waals surface area contributed by atoms with E-state index in [0.717, 1.165) is 30.2 Å². The van der Waals surface area contributed by atoms with E-state index in [9.17, 15) is 5.11 Å². The van der Waals surface area contributed by atoms with Gasteiger partial charge in [0.15, 0.2) is 0 Å². The van der Waals surface area contributed by atoms with Crippen molar-refractivity contribution in [2.45, 2.75) is 38.7 Å². The maximum Gasteiger partial charge on any atom is 0.0897 e. The molecule has 1 N–H and O–H groups in total. The molecule has 3 rings (SSSR count). The summed E-state index contributed by atoms with van der Waals surface area (Å²) in [5, 5.41) is 13.1. The van der Waals surface area contributed by atoms with E-state index >= 15 is 0 Å². The van der Waals surface area contributed by atoms with Crippen LogP contribution in [0.5, 0.6) is 0 Å². The van der Waals surface area contributed by atoms with Gasteiger partial charge in [0.25, 0.3) is 0 Å². The van der Waals surface area contributed by atoms with Crippen molar-refractivity contribution in [1.29, 1.82) is 0 Å². The number of aliphatic hydroxyl groups is 1. The summed E-state index contributed by atoms with van der Waals surface area (Å²) >= 11 is 1.69. The van der Waals surface area contributed by atoms with E-state index in [2.05, 4.69) is 10.4 Å². The third kappa shape index (κ3) is 2.14. The highest BCUT2D eigenvalue weighted by Gasteiger charge is 2.50. The van der Waals surface area contributed by atoms with E-state index in [1.54, 1.807) is 11.3 Å². The van der Waals surface area contributed by atoms with Gasteiger partial charge in [0.2, 0.25) is 0 Å². The number of hydrogen-bond donors (Lipinski definition) is 1. The molecule has 0 spiro atoms. The molecule has 2 aliphatic rings. The van der Waals surface area contributed by atoms with E-state index in [1.807, 2.05) is 6.92 Å². The fraction of sp³-hybridized carbons (Fsp3) is 0.769. The van der Waals surface area contributed by atoms with Crippen molar-refractivity contribution < 1.29 is 9.84 Å². The normalized spacial score (nSPS) is 33.2. The molecule has 0 radical (unpaired) electrons. The number of thiazole rings is 1. The molecular weight excluding hydrogens is 234 g/mol. The molecule has 2 heterocycles. The average Bonchev–Trinajstić information content (AvgIpc) is 2.96. The van der Waals surface area contributed by atoms with E-state index < -0.39 is 0 Å². The molecule has 0 amide bonds. The van der Waals surface area contributed by atoms with Crippen LogP contribution in [0.25, 0.3) is 0 Å². The highest BCUT2D eigenvalue weighted by atomic mass is 32.1. The molecule has 17 heavy (non-hydrogen) atoms. The van der Waals surface area contributed by atoms with Gasteiger partial charge in [-0.05, 0) is 32.1 Å². The third-order valence-corrected chi connectivity index (χ3v) is 4.89. The minimum absolute atomic E-state index is 0.0678. The summed E-state index contributed by atoms with van der Waals surface area (Å²) in [4.78, 5) is 4.53. The third-order valence-electron chi connectivity index (χ3n) is 4.07. The molecule has 1 saturated carbocycles. The zero-order valence-corrected chi connectivity index (χ0v) is 11.0. The Morgan fingerprint density at radius 3 is 3.00 bits per heavy atom. The Morgan fingerprint density at radius 2 is 2.41 bits per heavy atom. The summed E-state index contributed by atoms with van der Waals surface area (Å²) in [6.07, 6.45) is 4.64. The van der Waals surface area contributed by atoms with Crippen LogP contribution in [0.2, 0.25) is 0 Å². The molecule has 1 aliphatic heterocycles. The SMILES string of the molecule is Cc1nc(CC2(CO)CCOC2C2CC2)cs1. The van der Waals surface area contributed by atoms with Crippen LogP contribution < -0.4 is 0 Å². The van der Waals surface area contributed by atoms with Crippen molar-refractivity contribution >= 4 is 11.3 Å². The number of aryl methyl sites for hydroxylation is 1. The van der Waals surface area contributed by atoms with Crippen LogP contribution in [0.3, 0.4) is 0 Å². The summed E-state index contributed by atoms with van der Waals surface area (Å²) in [6, 6.07) is 0. The summed E-state index contributed by atoms with van der Waals surface area (Å²) in [5.41, 5.74) is 1.06. The molecule has 0 aromatic carbocycles. The van der Waals surface area contributed by atoms with Gasteiger partial charge in [0.1, 0.15) is 0 Å². The molecule has 0 bridgehead atoms. The first-order chi connectivity index (χ1) is 8.23. The van der Waals surface area contributed by atoms with Gasteiger partial charge in [-0.3, -0.25) is 0 Å². The minimum atomic E-state index is -0.0678. The molecule has 2 fully saturated rings. The zero-order chi connectivity index (χ0) is 11.9. The molecule has 3 nitrogen and oxygen atoms in total. The number of ether oxygens (including phenoxy) is 1. The van der Waals surface area contributed by atoms with E-state index in [-0.39, 0.29) is 18.1 Å². The van der Waals surface area contributed by atoms with Gasteiger partial charge in [-0.25, -0.2) is 4.98 Å². The van der Waals surface area contributed by atoms with E-state index in [0.29, 0.717) is 5.92 Å². The van der Waals surface area contributed by atoms with Crippen LogP contribution in [-0.2, 0) is 11.2 Å². The van der Waals surface area contributed by atoms with Crippen molar-refractivity contribution in [2.24, 2.45) is 11.3 Å². The second-order valence-corrected chi connectivity index (χ2v) is 6.50. The van der Waals surface area contributed by atoms with Crippen molar-refractivity contribution in [3.05, 3.63) is 16.1 Å². The standard InChI is InChI=1S/C13H19NO2S/c1-9-14-11(7-17-9)6-13(8-15)4-5-16-12(13)10-2-3-10/h7,10,12,15H,2-6,8H2,1H3. The first-order valence-corrected chi connectivity index (χ1v) is 7.25. The van der Waals surface area contributed by atoms with Gasteiger partial charge in [0, 0.05) is 23.8 Å². The molecule has 1 aromatic heterocycles. The van der Waals surface area contributed by atoms with E-state index in [4.69, 9.17) is 4.74 Å². The van der Waals surface area contributed by atoms with Crippen molar-refractivity contribution in [3.63, 3.8) is 0 Å². The summed E-state index contributed by atoms with van der Waals surface area (Å²) < 4.78 is 5.88. The van der Waals surface area contributed by atoms with Crippen LogP contribution in [0.4, 0.5) is 0 Å². The van der Waals surface area contributed by atoms with Gasteiger partial charge >= 0.3 is 0 Å². The van der Waals surface area contributed by atoms with Crippen LogP contribution >= 0.6 is 11.3 Å². The Hall–Kier alpha value is -0.450. The Bertz CT molecular complexity index is 402. The lowest BCUT2D eigenvalue weighted by molar-refractivity contribution is 0.000158. The molecule has 4 heteroatoms. The van der Waals surface area contributed by atoms with Crippen molar-refractivity contribution in [3.8, 4) is 0 Å². The highest BCUT2D eigenvalue weighted by Crippen LogP contribution is 2.49. The minimum Gasteiger partial charge on any atom is -0.396 e. The first-order valence-electron chi connectivity index (χ1n) is 6.37. The van der Waals surface area contributed by atoms with Crippen LogP contribution in [-0.4, -0.2) is 29.4 Å². The molecule has 2 atom stereocenters. The second-order valence-electron chi connectivity index (χ2n) is 5.43. The number of hydrogen-bond acceptors (Lipinski definition) is 4. The predicted octanol–water partition coefficient (Wildman–Crippen LogP) is 2.17. The predicted molar refractivity (Wildman–Crippen MR) is 67.2 cm³/mol. The first kappa shape index (κ1) is 11.6. The monoisotopic (exact) mass is 253 g/mol. The lowest BCUT2D eigenvalue weighted by atomic mass is 9.76. The highest BCUT2D eigenvalue weighted by molar-refractivity contribution is 7.09. The molecule has 1 aliphatic carbocycles. The quantitative estimate of drug-likeness (QED) is 0.894. The molecule has 94 valence electrons. The summed E-state index contributed by atoms with van der Waals surface area (Å²) in [5.74, 6) is 0.685. The number of aliphatic hydroxyl groups excluding tert-OH is 1. The number of nitrogens with zero attached hydrogens (tertiary/aromatic N) is 1. The van der Waals surface area contributed by atoms with Crippen LogP contribution in [0, 0.1) is 18.3 Å². The van der Waals surface area contributed by atoms with Crippen molar-refractivity contribution in [1.82, 2.24) is 4.98 Å². The summed E-state index contributed by atoms with van der Waals surface area (Å²) in [6.45, 7) is 3.05. The van der Waals surface area contributed by atoms with Gasteiger partial charge in [-0.15, -0.1) is 11.3 Å². The maximum atomic E-state index is 9.83. The fourth-order valence-corrected chi connectivity index (χ4v) is 3.62. The Balaban J connectivity index is 1.80. The molecular formula is C13H19NO2S. The Morgan fingerprint density at radius 1 is 1.59 bits per heavy atom. The zero-order valence-electron chi connectivity index (χ0n) is 10.2. The van der Waals surface area contributed by atoms with Crippen LogP contribution in [0.15, 0.2) is 5.38 Å². The molecule has 1 saturated heterocycles. The molecule has 1 aromatic rings. The number of rotatable bonds is 4. The largest absolute Gasteiger partial charge is 0.396 e. The van der Waals surface area contributed by atoms with Gasteiger partial charge < -0.3 is 9.84 Å². The summed E-state index contributed by atoms with van der Waals surface area (Å²) in [7, 11) is 0. The topological polar surface area (TPSA) is 42.4 Å². The van der Waals surface area contributed by atoms with Gasteiger partial charge in [-0.1, -0.05) is 0 Å². The molecule has 2 unspecified atom stereocenters. The van der Waals surface area contributed by atoms with Crippen molar-refractivity contribution in [2.75, 3.05) is 13.2 Å². The maximum absolute atomic E-state index is 9.83. The second kappa shape index (κ2) is 4.34. The van der Waals surface area contributed by atoms with Gasteiger partial charge in [-0.2, -0.15) is 0 Å². The average molecular weight is 253 g/mol. The van der Waals surface area contributed by atoms with E-state index in [1.165, 1.54) is 12.8 Å². The Labute approximate surface area is 106 Å². The number of aromatic nitrogens is 1.